The lowest BCUT2D eigenvalue weighted by molar-refractivity contribution is 0.385. The number of fused-ring (bicyclic) bond motifs is 1. The van der Waals surface area contributed by atoms with Crippen LogP contribution in [0.5, 0.6) is 0 Å². The van der Waals surface area contributed by atoms with Crippen LogP contribution in [0.3, 0.4) is 0 Å². The molecular weight excluding hydrogens is 314 g/mol. The standard InChI is InChI=1S/C20H21N3S/c1-2-5-17(6-3-1)24-18-10-8-16(9-11-18)15-22-19-7-4-13-23-14-12-21-20(19)23/h1-3,5-6,8-12,14,19,22H,4,7,13,15H2. The van der Waals surface area contributed by atoms with E-state index in [4.69, 9.17) is 0 Å². The molecular formula is C20H21N3S. The van der Waals surface area contributed by atoms with E-state index in [1.54, 1.807) is 11.8 Å². The van der Waals surface area contributed by atoms with Gasteiger partial charge in [0, 0.05) is 35.3 Å². The fourth-order valence-electron chi connectivity index (χ4n) is 3.15. The minimum Gasteiger partial charge on any atom is -0.334 e. The van der Waals surface area contributed by atoms with E-state index < -0.39 is 0 Å². The number of nitrogens with one attached hydrogen (secondary N) is 1. The molecule has 1 aliphatic heterocycles. The summed E-state index contributed by atoms with van der Waals surface area (Å²) >= 11 is 1.80. The molecule has 3 nitrogen and oxygen atoms in total. The fraction of sp³-hybridized carbons (Fsp3) is 0.250. The summed E-state index contributed by atoms with van der Waals surface area (Å²) in [5, 5.41) is 3.66. The number of imidazole rings is 1. The van der Waals surface area contributed by atoms with Crippen LogP contribution in [0.4, 0.5) is 0 Å². The van der Waals surface area contributed by atoms with E-state index in [1.807, 2.05) is 6.20 Å². The van der Waals surface area contributed by atoms with Crippen LogP contribution < -0.4 is 5.32 Å². The van der Waals surface area contributed by atoms with E-state index >= 15 is 0 Å². The maximum atomic E-state index is 4.51. The largest absolute Gasteiger partial charge is 0.334 e. The summed E-state index contributed by atoms with van der Waals surface area (Å²) in [6.45, 7) is 1.98. The Morgan fingerprint density at radius 3 is 2.67 bits per heavy atom. The third-order valence-corrected chi connectivity index (χ3v) is 5.42. The van der Waals surface area contributed by atoms with Crippen LogP contribution in [-0.2, 0) is 13.1 Å². The molecule has 2 heterocycles. The molecule has 1 aliphatic rings. The second kappa shape index (κ2) is 7.24. The van der Waals surface area contributed by atoms with Gasteiger partial charge < -0.3 is 9.88 Å². The molecule has 0 bridgehead atoms. The molecule has 1 unspecified atom stereocenters. The van der Waals surface area contributed by atoms with Crippen molar-refractivity contribution in [3.8, 4) is 0 Å². The monoisotopic (exact) mass is 335 g/mol. The molecule has 0 saturated heterocycles. The molecule has 4 rings (SSSR count). The third-order valence-electron chi connectivity index (χ3n) is 4.41. The quantitative estimate of drug-likeness (QED) is 0.735. The Morgan fingerprint density at radius 2 is 1.83 bits per heavy atom. The van der Waals surface area contributed by atoms with Gasteiger partial charge >= 0.3 is 0 Å². The van der Waals surface area contributed by atoms with Gasteiger partial charge in [0.25, 0.3) is 0 Å². The van der Waals surface area contributed by atoms with Gasteiger partial charge in [-0.1, -0.05) is 42.1 Å². The zero-order valence-electron chi connectivity index (χ0n) is 13.6. The first-order valence-corrected chi connectivity index (χ1v) is 9.26. The Labute approximate surface area is 147 Å². The number of aromatic nitrogens is 2. The van der Waals surface area contributed by atoms with Crippen LogP contribution >= 0.6 is 11.8 Å². The number of nitrogens with zero attached hydrogens (tertiary/aromatic N) is 2. The van der Waals surface area contributed by atoms with Crippen LogP contribution in [0.15, 0.2) is 76.8 Å². The Balaban J connectivity index is 1.36. The molecule has 3 aromatic rings. The van der Waals surface area contributed by atoms with Gasteiger partial charge in [0.15, 0.2) is 0 Å². The Kier molecular flexibility index (Phi) is 4.67. The van der Waals surface area contributed by atoms with Crippen LogP contribution in [0, 0.1) is 0 Å². The lowest BCUT2D eigenvalue weighted by Gasteiger charge is -2.24. The average molecular weight is 335 g/mol. The summed E-state index contributed by atoms with van der Waals surface area (Å²) in [4.78, 5) is 7.06. The highest BCUT2D eigenvalue weighted by Crippen LogP contribution is 2.28. The first-order chi connectivity index (χ1) is 11.9. The van der Waals surface area contributed by atoms with Gasteiger partial charge in [0.2, 0.25) is 0 Å². The summed E-state index contributed by atoms with van der Waals surface area (Å²) in [6.07, 6.45) is 6.37. The zero-order valence-corrected chi connectivity index (χ0v) is 14.4. The van der Waals surface area contributed by atoms with Crippen molar-refractivity contribution in [2.45, 2.75) is 41.8 Å². The molecule has 0 saturated carbocycles. The molecule has 0 fully saturated rings. The van der Waals surface area contributed by atoms with Crippen molar-refractivity contribution in [3.05, 3.63) is 78.4 Å². The predicted octanol–water partition coefficient (Wildman–Crippen LogP) is 4.66. The molecule has 1 N–H and O–H groups in total. The molecule has 0 radical (unpaired) electrons. The number of aryl methyl sites for hydroxylation is 1. The van der Waals surface area contributed by atoms with Gasteiger partial charge in [0.1, 0.15) is 5.82 Å². The van der Waals surface area contributed by atoms with Crippen LogP contribution in [-0.4, -0.2) is 9.55 Å². The summed E-state index contributed by atoms with van der Waals surface area (Å²) in [7, 11) is 0. The van der Waals surface area contributed by atoms with Crippen LogP contribution in [0.25, 0.3) is 0 Å². The van der Waals surface area contributed by atoms with Crippen molar-refractivity contribution in [1.82, 2.24) is 14.9 Å². The summed E-state index contributed by atoms with van der Waals surface area (Å²) in [5.74, 6) is 1.18. The maximum Gasteiger partial charge on any atom is 0.125 e. The van der Waals surface area contributed by atoms with E-state index in [-0.39, 0.29) is 0 Å². The summed E-state index contributed by atoms with van der Waals surface area (Å²) in [6, 6.07) is 19.7. The highest BCUT2D eigenvalue weighted by molar-refractivity contribution is 7.99. The lowest BCUT2D eigenvalue weighted by atomic mass is 10.1. The molecule has 4 heteroatoms. The van der Waals surface area contributed by atoms with Crippen molar-refractivity contribution >= 4 is 11.8 Å². The van der Waals surface area contributed by atoms with E-state index in [9.17, 15) is 0 Å². The van der Waals surface area contributed by atoms with Gasteiger partial charge in [-0.3, -0.25) is 0 Å². The fourth-order valence-corrected chi connectivity index (χ4v) is 3.99. The molecule has 0 aliphatic carbocycles. The number of hydrogen-bond acceptors (Lipinski definition) is 3. The van der Waals surface area contributed by atoms with Crippen molar-refractivity contribution in [1.29, 1.82) is 0 Å². The van der Waals surface area contributed by atoms with Gasteiger partial charge in [-0.2, -0.15) is 0 Å². The first kappa shape index (κ1) is 15.5. The van der Waals surface area contributed by atoms with Crippen molar-refractivity contribution < 1.29 is 0 Å². The lowest BCUT2D eigenvalue weighted by Crippen LogP contribution is -2.27. The second-order valence-corrected chi connectivity index (χ2v) is 7.26. The number of hydrogen-bond donors (Lipinski definition) is 1. The third kappa shape index (κ3) is 3.55. The van der Waals surface area contributed by atoms with E-state index in [0.717, 1.165) is 13.1 Å². The predicted molar refractivity (Wildman–Crippen MR) is 98.0 cm³/mol. The summed E-state index contributed by atoms with van der Waals surface area (Å²) in [5.41, 5.74) is 1.32. The number of benzene rings is 2. The molecule has 0 spiro atoms. The normalized spacial score (nSPS) is 16.8. The average Bonchev–Trinajstić information content (AvgIpc) is 3.11. The van der Waals surface area contributed by atoms with Gasteiger partial charge in [-0.05, 0) is 42.7 Å². The maximum absolute atomic E-state index is 4.51. The van der Waals surface area contributed by atoms with Crippen LogP contribution in [0.2, 0.25) is 0 Å². The van der Waals surface area contributed by atoms with Gasteiger partial charge in [0.05, 0.1) is 6.04 Å². The minimum atomic E-state index is 0.368. The highest BCUT2D eigenvalue weighted by atomic mass is 32.2. The smallest absolute Gasteiger partial charge is 0.125 e. The molecule has 1 aromatic heterocycles. The second-order valence-electron chi connectivity index (χ2n) is 6.11. The Morgan fingerprint density at radius 1 is 1.04 bits per heavy atom. The Hall–Kier alpha value is -2.04. The first-order valence-electron chi connectivity index (χ1n) is 8.45. The van der Waals surface area contributed by atoms with Gasteiger partial charge in [-0.25, -0.2) is 4.98 Å². The highest BCUT2D eigenvalue weighted by Gasteiger charge is 2.20. The molecule has 24 heavy (non-hydrogen) atoms. The van der Waals surface area contributed by atoms with Crippen molar-refractivity contribution in [2.24, 2.45) is 0 Å². The molecule has 0 amide bonds. The van der Waals surface area contributed by atoms with E-state index in [2.05, 4.69) is 75.7 Å². The number of rotatable bonds is 5. The topological polar surface area (TPSA) is 29.9 Å². The van der Waals surface area contributed by atoms with Gasteiger partial charge in [-0.15, -0.1) is 0 Å². The zero-order chi connectivity index (χ0) is 16.2. The molecule has 2 aromatic carbocycles. The minimum absolute atomic E-state index is 0.368. The SMILES string of the molecule is c1ccc(Sc2ccc(CNC3CCCn4ccnc43)cc2)cc1. The van der Waals surface area contributed by atoms with Crippen LogP contribution in [0.1, 0.15) is 30.3 Å². The van der Waals surface area contributed by atoms with E-state index in [0.29, 0.717) is 6.04 Å². The van der Waals surface area contributed by atoms with Crippen molar-refractivity contribution in [3.63, 3.8) is 0 Å². The molecule has 122 valence electrons. The molecule has 1 atom stereocenters. The summed E-state index contributed by atoms with van der Waals surface area (Å²) < 4.78 is 2.26. The van der Waals surface area contributed by atoms with Crippen molar-refractivity contribution in [2.75, 3.05) is 0 Å². The Bertz CT molecular complexity index is 780. The van der Waals surface area contributed by atoms with E-state index in [1.165, 1.54) is 34.0 Å².